The van der Waals surface area contributed by atoms with E-state index in [-0.39, 0.29) is 6.10 Å². The standard InChI is InChI=1S/C11H13NO2/c1-4-9-7-10(12-13)5-6-11(9)14-8(2)3/h4-8H,1H2,2-3H3. The first-order valence-corrected chi connectivity index (χ1v) is 4.44. The monoisotopic (exact) mass is 191 g/mol. The van der Waals surface area contributed by atoms with Crippen LogP contribution in [-0.4, -0.2) is 6.10 Å². The van der Waals surface area contributed by atoms with Crippen molar-refractivity contribution in [2.45, 2.75) is 20.0 Å². The van der Waals surface area contributed by atoms with Crippen LogP contribution in [0, 0.1) is 4.91 Å². The summed E-state index contributed by atoms with van der Waals surface area (Å²) in [4.78, 5) is 10.3. The van der Waals surface area contributed by atoms with E-state index in [4.69, 9.17) is 4.74 Å². The van der Waals surface area contributed by atoms with Crippen molar-refractivity contribution in [3.63, 3.8) is 0 Å². The average Bonchev–Trinajstić information content (AvgIpc) is 2.17. The highest BCUT2D eigenvalue weighted by Gasteiger charge is 2.04. The molecule has 0 aliphatic heterocycles. The van der Waals surface area contributed by atoms with Crippen LogP contribution in [0.3, 0.4) is 0 Å². The third-order valence-corrected chi connectivity index (χ3v) is 1.68. The van der Waals surface area contributed by atoms with E-state index in [9.17, 15) is 4.91 Å². The summed E-state index contributed by atoms with van der Waals surface area (Å²) in [5.74, 6) is 0.724. The van der Waals surface area contributed by atoms with Crippen LogP contribution in [0.4, 0.5) is 5.69 Å². The van der Waals surface area contributed by atoms with Crippen LogP contribution in [0.15, 0.2) is 30.0 Å². The molecule has 0 atom stereocenters. The smallest absolute Gasteiger partial charge is 0.127 e. The lowest BCUT2D eigenvalue weighted by Gasteiger charge is -2.12. The number of benzene rings is 1. The summed E-state index contributed by atoms with van der Waals surface area (Å²) in [6, 6.07) is 5.00. The number of hydrogen-bond donors (Lipinski definition) is 0. The van der Waals surface area contributed by atoms with Crippen molar-refractivity contribution in [3.05, 3.63) is 35.2 Å². The highest BCUT2D eigenvalue weighted by Crippen LogP contribution is 2.26. The van der Waals surface area contributed by atoms with Crippen molar-refractivity contribution in [1.82, 2.24) is 0 Å². The Labute approximate surface area is 83.4 Å². The van der Waals surface area contributed by atoms with E-state index in [0.29, 0.717) is 5.69 Å². The molecule has 14 heavy (non-hydrogen) atoms. The molecule has 0 unspecified atom stereocenters. The number of ether oxygens (including phenoxy) is 1. The third kappa shape index (κ3) is 2.42. The van der Waals surface area contributed by atoms with Crippen LogP contribution in [0.2, 0.25) is 0 Å². The average molecular weight is 191 g/mol. The highest BCUT2D eigenvalue weighted by atomic mass is 16.5. The predicted octanol–water partition coefficient (Wildman–Crippen LogP) is 3.51. The molecule has 0 radical (unpaired) electrons. The Hall–Kier alpha value is -1.64. The first-order chi connectivity index (χ1) is 6.67. The van der Waals surface area contributed by atoms with Crippen molar-refractivity contribution < 1.29 is 4.74 Å². The lowest BCUT2D eigenvalue weighted by atomic mass is 10.2. The fourth-order valence-corrected chi connectivity index (χ4v) is 1.11. The minimum Gasteiger partial charge on any atom is -0.490 e. The second-order valence-electron chi connectivity index (χ2n) is 3.18. The zero-order valence-electron chi connectivity index (χ0n) is 8.36. The molecule has 1 aromatic rings. The molecule has 3 heteroatoms. The number of hydrogen-bond acceptors (Lipinski definition) is 3. The van der Waals surface area contributed by atoms with Crippen LogP contribution in [0.25, 0.3) is 6.08 Å². The molecule has 74 valence electrons. The minimum absolute atomic E-state index is 0.101. The quantitative estimate of drug-likeness (QED) is 0.683. The largest absolute Gasteiger partial charge is 0.490 e. The van der Waals surface area contributed by atoms with Gasteiger partial charge >= 0.3 is 0 Å². The van der Waals surface area contributed by atoms with Gasteiger partial charge in [0.1, 0.15) is 11.4 Å². The zero-order valence-corrected chi connectivity index (χ0v) is 8.36. The number of nitrogens with zero attached hydrogens (tertiary/aromatic N) is 1. The van der Waals surface area contributed by atoms with Gasteiger partial charge in [-0.25, -0.2) is 0 Å². The van der Waals surface area contributed by atoms with Gasteiger partial charge in [0.05, 0.1) is 6.10 Å². The number of nitroso groups, excluding NO2 is 1. The van der Waals surface area contributed by atoms with Crippen LogP contribution in [-0.2, 0) is 0 Å². The van der Waals surface area contributed by atoms with Crippen LogP contribution in [0.5, 0.6) is 5.75 Å². The van der Waals surface area contributed by atoms with Gasteiger partial charge in [-0.1, -0.05) is 12.7 Å². The van der Waals surface area contributed by atoms with Crippen LogP contribution >= 0.6 is 0 Å². The molecule has 0 heterocycles. The molecule has 0 amide bonds. The van der Waals surface area contributed by atoms with Gasteiger partial charge in [-0.05, 0) is 37.2 Å². The molecule has 0 aliphatic carbocycles. The summed E-state index contributed by atoms with van der Waals surface area (Å²) in [5, 5.41) is 2.85. The van der Waals surface area contributed by atoms with Crippen molar-refractivity contribution in [3.8, 4) is 5.75 Å². The Balaban J connectivity index is 3.04. The van der Waals surface area contributed by atoms with E-state index >= 15 is 0 Å². The van der Waals surface area contributed by atoms with Gasteiger partial charge in [0.2, 0.25) is 0 Å². The Morgan fingerprint density at radius 1 is 1.50 bits per heavy atom. The molecule has 1 aromatic carbocycles. The molecule has 3 nitrogen and oxygen atoms in total. The van der Waals surface area contributed by atoms with E-state index < -0.39 is 0 Å². The second-order valence-corrected chi connectivity index (χ2v) is 3.18. The van der Waals surface area contributed by atoms with Gasteiger partial charge < -0.3 is 4.74 Å². The molecule has 1 rings (SSSR count). The second kappa shape index (κ2) is 4.56. The molecule has 0 fully saturated rings. The fraction of sp³-hybridized carbons (Fsp3) is 0.273. The van der Waals surface area contributed by atoms with Gasteiger partial charge in [-0.2, -0.15) is 0 Å². The van der Waals surface area contributed by atoms with Crippen molar-refractivity contribution >= 4 is 11.8 Å². The molecule has 0 saturated carbocycles. The van der Waals surface area contributed by atoms with E-state index in [1.54, 1.807) is 24.3 Å². The summed E-state index contributed by atoms with van der Waals surface area (Å²) in [6.07, 6.45) is 1.75. The van der Waals surface area contributed by atoms with E-state index in [1.807, 2.05) is 13.8 Å². The van der Waals surface area contributed by atoms with Gasteiger partial charge in [0.25, 0.3) is 0 Å². The molecular formula is C11H13NO2. The predicted molar refractivity (Wildman–Crippen MR) is 57.8 cm³/mol. The minimum atomic E-state index is 0.101. The van der Waals surface area contributed by atoms with Crippen molar-refractivity contribution in [2.75, 3.05) is 0 Å². The maximum absolute atomic E-state index is 10.3. The molecule has 0 spiro atoms. The Morgan fingerprint density at radius 2 is 2.21 bits per heavy atom. The molecule has 0 N–H and O–H groups in total. The van der Waals surface area contributed by atoms with Crippen molar-refractivity contribution in [1.29, 1.82) is 0 Å². The van der Waals surface area contributed by atoms with Crippen LogP contribution < -0.4 is 4.74 Å². The summed E-state index contributed by atoms with van der Waals surface area (Å²) in [5.41, 5.74) is 1.17. The van der Waals surface area contributed by atoms with E-state index in [1.165, 1.54) is 0 Å². The third-order valence-electron chi connectivity index (χ3n) is 1.68. The van der Waals surface area contributed by atoms with Gasteiger partial charge in [0.15, 0.2) is 0 Å². The molecule has 0 aliphatic rings. The molecule has 0 bridgehead atoms. The fourth-order valence-electron chi connectivity index (χ4n) is 1.11. The maximum atomic E-state index is 10.3. The molecular weight excluding hydrogens is 178 g/mol. The molecule has 0 aromatic heterocycles. The lowest BCUT2D eigenvalue weighted by Crippen LogP contribution is -2.06. The Kier molecular flexibility index (Phi) is 3.40. The van der Waals surface area contributed by atoms with Crippen LogP contribution in [0.1, 0.15) is 19.4 Å². The maximum Gasteiger partial charge on any atom is 0.127 e. The summed E-state index contributed by atoms with van der Waals surface area (Å²) in [7, 11) is 0. The SMILES string of the molecule is C=Cc1cc(N=O)ccc1OC(C)C. The van der Waals surface area contributed by atoms with E-state index in [0.717, 1.165) is 11.3 Å². The number of rotatable bonds is 4. The van der Waals surface area contributed by atoms with E-state index in [2.05, 4.69) is 11.8 Å². The summed E-state index contributed by atoms with van der Waals surface area (Å²) >= 11 is 0. The molecule has 0 saturated heterocycles. The summed E-state index contributed by atoms with van der Waals surface area (Å²) in [6.45, 7) is 7.54. The Bertz CT molecular complexity index is 345. The normalized spacial score (nSPS) is 9.93. The van der Waals surface area contributed by atoms with Gasteiger partial charge in [-0.3, -0.25) is 0 Å². The Morgan fingerprint density at radius 3 is 2.71 bits per heavy atom. The summed E-state index contributed by atoms with van der Waals surface area (Å²) < 4.78 is 5.52. The highest BCUT2D eigenvalue weighted by molar-refractivity contribution is 5.61. The topological polar surface area (TPSA) is 38.7 Å². The first kappa shape index (κ1) is 10.4. The lowest BCUT2D eigenvalue weighted by molar-refractivity contribution is 0.242. The zero-order chi connectivity index (χ0) is 10.6. The first-order valence-electron chi connectivity index (χ1n) is 4.44. The van der Waals surface area contributed by atoms with Crippen molar-refractivity contribution in [2.24, 2.45) is 5.18 Å². The van der Waals surface area contributed by atoms with Gasteiger partial charge in [0, 0.05) is 5.56 Å². The van der Waals surface area contributed by atoms with Gasteiger partial charge in [-0.15, -0.1) is 4.91 Å².